The Morgan fingerprint density at radius 3 is 2.05 bits per heavy atom. The molecule has 20 heavy (non-hydrogen) atoms. The van der Waals surface area contributed by atoms with Crippen molar-refractivity contribution in [1.29, 1.82) is 10.7 Å². The van der Waals surface area contributed by atoms with Crippen molar-refractivity contribution in [2.24, 2.45) is 0 Å². The predicted molar refractivity (Wildman–Crippen MR) is 83.1 cm³/mol. The minimum Gasteiger partial charge on any atom is -0.497 e. The molecule has 0 heterocycles. The number of nitrogens with zero attached hydrogens (tertiary/aromatic N) is 1. The summed E-state index contributed by atoms with van der Waals surface area (Å²) in [6.45, 7) is 3.50. The van der Waals surface area contributed by atoms with Gasteiger partial charge in [0, 0.05) is 36.5 Å². The van der Waals surface area contributed by atoms with E-state index in [2.05, 4.69) is 6.57 Å². The van der Waals surface area contributed by atoms with Gasteiger partial charge in [-0.1, -0.05) is 6.08 Å². The molecule has 0 bridgehead atoms. The summed E-state index contributed by atoms with van der Waals surface area (Å²) in [5.41, 5.74) is 13.0. The van der Waals surface area contributed by atoms with Gasteiger partial charge in [0.2, 0.25) is 0 Å². The van der Waals surface area contributed by atoms with Gasteiger partial charge in [0.1, 0.15) is 5.76 Å². The number of benzene rings is 1. The lowest BCUT2D eigenvalue weighted by molar-refractivity contribution is 0.306. The SMILES string of the molecule is C#N.COC1=CCC(=N)CC=C1.Nc1ccc(N)cc1. The summed E-state index contributed by atoms with van der Waals surface area (Å²) in [5, 5.41) is 13.8. The number of rotatable bonds is 1. The van der Waals surface area contributed by atoms with Gasteiger partial charge in [0.05, 0.1) is 7.11 Å². The van der Waals surface area contributed by atoms with Crippen LogP contribution in [-0.4, -0.2) is 12.8 Å². The number of methoxy groups -OCH3 is 1. The number of nitrogens with two attached hydrogens (primary N) is 2. The highest BCUT2D eigenvalue weighted by atomic mass is 16.5. The van der Waals surface area contributed by atoms with Gasteiger partial charge in [-0.05, 0) is 36.4 Å². The number of anilines is 2. The lowest BCUT2D eigenvalue weighted by atomic mass is 10.2. The van der Waals surface area contributed by atoms with Crippen molar-refractivity contribution in [3.05, 3.63) is 48.3 Å². The summed E-state index contributed by atoms with van der Waals surface area (Å²) in [5.74, 6) is 0.863. The van der Waals surface area contributed by atoms with Crippen molar-refractivity contribution < 1.29 is 4.74 Å². The lowest BCUT2D eigenvalue weighted by Gasteiger charge is -1.95. The van der Waals surface area contributed by atoms with E-state index in [0.717, 1.165) is 35.7 Å². The van der Waals surface area contributed by atoms with Crippen LogP contribution in [-0.2, 0) is 4.74 Å². The second-order valence-electron chi connectivity index (χ2n) is 3.89. The molecule has 0 unspecified atom stereocenters. The third kappa shape index (κ3) is 7.56. The molecule has 106 valence electrons. The van der Waals surface area contributed by atoms with Crippen molar-refractivity contribution in [1.82, 2.24) is 0 Å². The van der Waals surface area contributed by atoms with Gasteiger partial charge in [-0.15, -0.1) is 0 Å². The topological polar surface area (TPSA) is 109 Å². The first-order valence-corrected chi connectivity index (χ1v) is 5.95. The highest BCUT2D eigenvalue weighted by Gasteiger charge is 1.98. The van der Waals surface area contributed by atoms with Crippen LogP contribution >= 0.6 is 0 Å². The Morgan fingerprint density at radius 2 is 1.60 bits per heavy atom. The van der Waals surface area contributed by atoms with Crippen LogP contribution in [0.1, 0.15) is 12.8 Å². The normalized spacial score (nSPS) is 12.8. The lowest BCUT2D eigenvalue weighted by Crippen LogP contribution is -1.89. The first-order chi connectivity index (χ1) is 9.61. The van der Waals surface area contributed by atoms with Crippen molar-refractivity contribution in [3.63, 3.8) is 0 Å². The minimum atomic E-state index is 0.718. The van der Waals surface area contributed by atoms with Gasteiger partial charge in [-0.3, -0.25) is 0 Å². The number of ether oxygens (including phenoxy) is 1. The van der Waals surface area contributed by atoms with E-state index in [0.29, 0.717) is 0 Å². The van der Waals surface area contributed by atoms with Crippen molar-refractivity contribution >= 4 is 17.1 Å². The minimum absolute atomic E-state index is 0.718. The monoisotopic (exact) mass is 272 g/mol. The second-order valence-corrected chi connectivity index (χ2v) is 3.89. The molecule has 5 N–H and O–H groups in total. The zero-order valence-corrected chi connectivity index (χ0v) is 11.5. The summed E-state index contributed by atoms with van der Waals surface area (Å²) in [6, 6.07) is 7.09. The Balaban J connectivity index is 0.000000327. The van der Waals surface area contributed by atoms with Crippen LogP contribution in [0.25, 0.3) is 0 Å². The Kier molecular flexibility index (Phi) is 8.81. The molecule has 0 fully saturated rings. The summed E-state index contributed by atoms with van der Waals surface area (Å²) in [6.07, 6.45) is 7.25. The average molecular weight is 272 g/mol. The molecule has 0 saturated carbocycles. The molecule has 5 nitrogen and oxygen atoms in total. The fourth-order valence-electron chi connectivity index (χ4n) is 1.34. The van der Waals surface area contributed by atoms with Crippen LogP contribution in [0.4, 0.5) is 11.4 Å². The molecule has 0 radical (unpaired) electrons. The van der Waals surface area contributed by atoms with E-state index in [-0.39, 0.29) is 0 Å². The van der Waals surface area contributed by atoms with E-state index in [1.807, 2.05) is 18.2 Å². The third-order valence-corrected chi connectivity index (χ3v) is 2.37. The maximum Gasteiger partial charge on any atom is 0.114 e. The number of nitrogen functional groups attached to an aromatic ring is 2. The van der Waals surface area contributed by atoms with Crippen LogP contribution in [0.3, 0.4) is 0 Å². The van der Waals surface area contributed by atoms with E-state index >= 15 is 0 Å². The van der Waals surface area contributed by atoms with Crippen LogP contribution in [0.15, 0.2) is 48.3 Å². The van der Waals surface area contributed by atoms with E-state index in [9.17, 15) is 0 Å². The van der Waals surface area contributed by atoms with Gasteiger partial charge in [0.15, 0.2) is 0 Å². The molecule has 0 atom stereocenters. The first-order valence-electron chi connectivity index (χ1n) is 5.95. The van der Waals surface area contributed by atoms with E-state index in [1.54, 1.807) is 31.4 Å². The zero-order chi connectivity index (χ0) is 15.4. The van der Waals surface area contributed by atoms with Gasteiger partial charge in [-0.25, -0.2) is 5.26 Å². The molecule has 0 spiro atoms. The molecular formula is C15H20N4O. The number of hydrogen-bond donors (Lipinski definition) is 3. The van der Waals surface area contributed by atoms with Crippen LogP contribution < -0.4 is 11.5 Å². The summed E-state index contributed by atoms with van der Waals surface area (Å²) < 4.78 is 5.00. The molecule has 1 aromatic carbocycles. The van der Waals surface area contributed by atoms with Gasteiger partial charge >= 0.3 is 0 Å². The summed E-state index contributed by atoms with van der Waals surface area (Å²) in [4.78, 5) is 0. The van der Waals surface area contributed by atoms with E-state index in [1.165, 1.54) is 0 Å². The molecule has 0 aliphatic heterocycles. The van der Waals surface area contributed by atoms with E-state index < -0.39 is 0 Å². The number of nitrogens with one attached hydrogen (secondary N) is 1. The average Bonchev–Trinajstić information content (AvgIpc) is 2.69. The molecule has 0 amide bonds. The van der Waals surface area contributed by atoms with Gasteiger partial charge < -0.3 is 21.6 Å². The summed E-state index contributed by atoms with van der Waals surface area (Å²) >= 11 is 0. The zero-order valence-electron chi connectivity index (χ0n) is 11.5. The highest BCUT2D eigenvalue weighted by molar-refractivity contribution is 5.84. The summed E-state index contributed by atoms with van der Waals surface area (Å²) in [7, 11) is 1.64. The quantitative estimate of drug-likeness (QED) is 0.683. The maximum absolute atomic E-state index is 7.34. The van der Waals surface area contributed by atoms with Crippen LogP contribution in [0.2, 0.25) is 0 Å². The Labute approximate surface area is 119 Å². The van der Waals surface area contributed by atoms with Crippen LogP contribution in [0.5, 0.6) is 0 Å². The predicted octanol–water partition coefficient (Wildman–Crippen LogP) is 2.88. The molecule has 1 aromatic rings. The molecular weight excluding hydrogens is 252 g/mol. The third-order valence-electron chi connectivity index (χ3n) is 2.37. The second kappa shape index (κ2) is 10.2. The van der Waals surface area contributed by atoms with Crippen molar-refractivity contribution in [3.8, 4) is 6.57 Å². The van der Waals surface area contributed by atoms with E-state index in [4.69, 9.17) is 26.9 Å². The maximum atomic E-state index is 7.34. The van der Waals surface area contributed by atoms with Crippen molar-refractivity contribution in [2.45, 2.75) is 12.8 Å². The molecule has 0 saturated heterocycles. The molecule has 2 rings (SSSR count). The Morgan fingerprint density at radius 1 is 1.10 bits per heavy atom. The fraction of sp³-hybridized carbons (Fsp3) is 0.200. The molecule has 0 aromatic heterocycles. The first kappa shape index (κ1) is 17.3. The molecule has 1 aliphatic carbocycles. The smallest absolute Gasteiger partial charge is 0.114 e. The Hall–Kier alpha value is -2.74. The molecule has 1 aliphatic rings. The highest BCUT2D eigenvalue weighted by Crippen LogP contribution is 2.07. The van der Waals surface area contributed by atoms with Gasteiger partial charge in [-0.2, -0.15) is 0 Å². The number of hydrogen-bond acceptors (Lipinski definition) is 5. The molecule has 5 heteroatoms. The fourth-order valence-corrected chi connectivity index (χ4v) is 1.34. The van der Waals surface area contributed by atoms with Crippen molar-refractivity contribution in [2.75, 3.05) is 18.6 Å². The van der Waals surface area contributed by atoms with Gasteiger partial charge in [0.25, 0.3) is 0 Å². The van der Waals surface area contributed by atoms with Crippen LogP contribution in [0, 0.1) is 17.2 Å². The number of nitriles is 1. The Bertz CT molecular complexity index is 465. The standard InChI is InChI=1S/C8H11NO.C6H8N2.CHN/c1-10-8-4-2-3-7(9)5-6-8;7-5-1-2-6(8)4-3-5;1-2/h2,4,6,9H,3,5H2,1H3;1-4H,7-8H2;1H. The number of allylic oxidation sites excluding steroid dienone is 3. The largest absolute Gasteiger partial charge is 0.497 e.